The maximum atomic E-state index is 9.63. The highest BCUT2D eigenvalue weighted by Crippen LogP contribution is 2.13. The minimum absolute atomic E-state index is 0.436. The zero-order chi connectivity index (χ0) is 10.8. The Morgan fingerprint density at radius 1 is 1.57 bits per heavy atom. The van der Waals surface area contributed by atoms with Gasteiger partial charge in [-0.2, -0.15) is 5.10 Å². The normalized spacial score (nSPS) is 14.4. The van der Waals surface area contributed by atoms with E-state index in [1.165, 1.54) is 0 Å². The molecule has 1 aromatic rings. The van der Waals surface area contributed by atoms with Crippen LogP contribution in [0.25, 0.3) is 0 Å². The lowest BCUT2D eigenvalue weighted by molar-refractivity contribution is 0.0797. The van der Waals surface area contributed by atoms with Gasteiger partial charge in [0.1, 0.15) is 0 Å². The molecule has 0 aliphatic rings. The van der Waals surface area contributed by atoms with Crippen molar-refractivity contribution in [2.24, 2.45) is 0 Å². The van der Waals surface area contributed by atoms with Crippen molar-refractivity contribution in [1.29, 1.82) is 0 Å². The number of aromatic nitrogens is 2. The summed E-state index contributed by atoms with van der Waals surface area (Å²) in [6, 6.07) is 2.41. The fourth-order valence-electron chi connectivity index (χ4n) is 1.35. The maximum absolute atomic E-state index is 9.63. The van der Waals surface area contributed by atoms with Crippen LogP contribution in [0, 0.1) is 0 Å². The van der Waals surface area contributed by atoms with Gasteiger partial charge in [-0.1, -0.05) is 6.92 Å². The topological polar surface area (TPSA) is 38.0 Å². The molecule has 0 amide bonds. The summed E-state index contributed by atoms with van der Waals surface area (Å²) >= 11 is 0. The minimum atomic E-state index is -0.672. The summed E-state index contributed by atoms with van der Waals surface area (Å²) in [7, 11) is 0. The molecule has 1 unspecified atom stereocenters. The maximum Gasteiger partial charge on any atom is 0.0653 e. The van der Waals surface area contributed by atoms with Gasteiger partial charge in [-0.05, 0) is 33.3 Å². The Balaban J connectivity index is 2.69. The third kappa shape index (κ3) is 3.14. The molecule has 0 saturated heterocycles. The van der Waals surface area contributed by atoms with Crippen molar-refractivity contribution in [3.8, 4) is 0 Å². The zero-order valence-corrected chi connectivity index (χ0v) is 9.49. The third-order valence-electron chi connectivity index (χ3n) is 2.32. The minimum Gasteiger partial charge on any atom is -0.390 e. The number of rotatable bonds is 4. The molecular weight excluding hydrogens is 176 g/mol. The van der Waals surface area contributed by atoms with E-state index in [9.17, 15) is 5.11 Å². The molecule has 1 rings (SSSR count). The fourth-order valence-corrected chi connectivity index (χ4v) is 1.35. The van der Waals surface area contributed by atoms with E-state index >= 15 is 0 Å². The predicted molar refractivity (Wildman–Crippen MR) is 57.2 cm³/mol. The number of aliphatic hydroxyl groups is 1. The van der Waals surface area contributed by atoms with E-state index in [0.717, 1.165) is 12.1 Å². The predicted octanol–water partition coefficient (Wildman–Crippen LogP) is 2.17. The van der Waals surface area contributed by atoms with Crippen LogP contribution in [0.1, 0.15) is 45.9 Å². The SMILES string of the molecule is CCC(C)n1ccc(CC(C)(C)O)n1. The van der Waals surface area contributed by atoms with Gasteiger partial charge in [0, 0.05) is 18.7 Å². The molecule has 0 saturated carbocycles. The second-order valence-electron chi connectivity index (χ2n) is 4.53. The average Bonchev–Trinajstić information content (AvgIpc) is 2.48. The fraction of sp³-hybridized carbons (Fsp3) is 0.727. The first-order valence-electron chi connectivity index (χ1n) is 5.19. The van der Waals surface area contributed by atoms with Crippen molar-refractivity contribution in [2.75, 3.05) is 0 Å². The van der Waals surface area contributed by atoms with Gasteiger partial charge >= 0.3 is 0 Å². The van der Waals surface area contributed by atoms with Gasteiger partial charge in [-0.3, -0.25) is 4.68 Å². The molecule has 0 bridgehead atoms. The first kappa shape index (κ1) is 11.2. The van der Waals surface area contributed by atoms with Crippen LogP contribution in [0.15, 0.2) is 12.3 Å². The van der Waals surface area contributed by atoms with E-state index in [2.05, 4.69) is 18.9 Å². The molecule has 0 aliphatic carbocycles. The van der Waals surface area contributed by atoms with Gasteiger partial charge in [0.25, 0.3) is 0 Å². The molecule has 0 fully saturated rings. The quantitative estimate of drug-likeness (QED) is 0.801. The molecular formula is C11H20N2O. The van der Waals surface area contributed by atoms with Gasteiger partial charge in [0.05, 0.1) is 11.3 Å². The van der Waals surface area contributed by atoms with Crippen molar-refractivity contribution < 1.29 is 5.11 Å². The van der Waals surface area contributed by atoms with Crippen LogP contribution in [-0.2, 0) is 6.42 Å². The molecule has 14 heavy (non-hydrogen) atoms. The molecule has 1 atom stereocenters. The smallest absolute Gasteiger partial charge is 0.0653 e. The molecule has 3 nitrogen and oxygen atoms in total. The molecule has 1 N–H and O–H groups in total. The van der Waals surface area contributed by atoms with Crippen molar-refractivity contribution in [2.45, 2.75) is 52.2 Å². The Hall–Kier alpha value is -0.830. The van der Waals surface area contributed by atoms with E-state index in [1.54, 1.807) is 13.8 Å². The number of hydrogen-bond acceptors (Lipinski definition) is 2. The summed E-state index contributed by atoms with van der Waals surface area (Å²) in [5, 5.41) is 14.0. The third-order valence-corrected chi connectivity index (χ3v) is 2.32. The van der Waals surface area contributed by atoms with Crippen LogP contribution < -0.4 is 0 Å². The summed E-state index contributed by atoms with van der Waals surface area (Å²) in [4.78, 5) is 0. The lowest BCUT2D eigenvalue weighted by Gasteiger charge is -2.15. The standard InChI is InChI=1S/C11H20N2O/c1-5-9(2)13-7-6-10(12-13)8-11(3,4)14/h6-7,9,14H,5,8H2,1-4H3. The first-order valence-corrected chi connectivity index (χ1v) is 5.19. The lowest BCUT2D eigenvalue weighted by Crippen LogP contribution is -2.22. The highest BCUT2D eigenvalue weighted by molar-refractivity contribution is 5.02. The van der Waals surface area contributed by atoms with Crippen LogP contribution in [0.4, 0.5) is 0 Å². The van der Waals surface area contributed by atoms with E-state index in [1.807, 2.05) is 16.9 Å². The molecule has 0 aliphatic heterocycles. The van der Waals surface area contributed by atoms with E-state index in [-0.39, 0.29) is 0 Å². The highest BCUT2D eigenvalue weighted by Gasteiger charge is 2.15. The highest BCUT2D eigenvalue weighted by atomic mass is 16.3. The van der Waals surface area contributed by atoms with Gasteiger partial charge < -0.3 is 5.11 Å². The average molecular weight is 196 g/mol. The summed E-state index contributed by atoms with van der Waals surface area (Å²) in [6.45, 7) is 7.88. The Labute approximate surface area is 85.8 Å². The Bertz CT molecular complexity index is 286. The molecule has 1 heterocycles. The summed E-state index contributed by atoms with van der Waals surface area (Å²) in [6.07, 6.45) is 3.66. The molecule has 0 radical (unpaired) electrons. The second-order valence-corrected chi connectivity index (χ2v) is 4.53. The van der Waals surface area contributed by atoms with Crippen LogP contribution in [-0.4, -0.2) is 20.5 Å². The summed E-state index contributed by atoms with van der Waals surface area (Å²) in [5.74, 6) is 0. The van der Waals surface area contributed by atoms with Crippen molar-refractivity contribution in [1.82, 2.24) is 9.78 Å². The van der Waals surface area contributed by atoms with Crippen LogP contribution >= 0.6 is 0 Å². The van der Waals surface area contributed by atoms with Gasteiger partial charge in [-0.15, -0.1) is 0 Å². The van der Waals surface area contributed by atoms with Crippen molar-refractivity contribution >= 4 is 0 Å². The largest absolute Gasteiger partial charge is 0.390 e. The molecule has 0 aromatic carbocycles. The monoisotopic (exact) mass is 196 g/mol. The summed E-state index contributed by atoms with van der Waals surface area (Å²) < 4.78 is 1.96. The van der Waals surface area contributed by atoms with Crippen molar-refractivity contribution in [3.63, 3.8) is 0 Å². The first-order chi connectivity index (χ1) is 6.42. The zero-order valence-electron chi connectivity index (χ0n) is 9.49. The Morgan fingerprint density at radius 2 is 2.21 bits per heavy atom. The van der Waals surface area contributed by atoms with Gasteiger partial charge in [0.2, 0.25) is 0 Å². The van der Waals surface area contributed by atoms with Crippen LogP contribution in [0.5, 0.6) is 0 Å². The van der Waals surface area contributed by atoms with E-state index in [0.29, 0.717) is 12.5 Å². The van der Waals surface area contributed by atoms with E-state index < -0.39 is 5.60 Å². The lowest BCUT2D eigenvalue weighted by atomic mass is 10.0. The van der Waals surface area contributed by atoms with Crippen LogP contribution in [0.2, 0.25) is 0 Å². The molecule has 80 valence electrons. The van der Waals surface area contributed by atoms with E-state index in [4.69, 9.17) is 0 Å². The van der Waals surface area contributed by atoms with Gasteiger partial charge in [-0.25, -0.2) is 0 Å². The van der Waals surface area contributed by atoms with Crippen LogP contribution in [0.3, 0.4) is 0 Å². The molecule has 3 heteroatoms. The second kappa shape index (κ2) is 4.13. The molecule has 0 spiro atoms. The number of hydrogen-bond donors (Lipinski definition) is 1. The van der Waals surface area contributed by atoms with Crippen molar-refractivity contribution in [3.05, 3.63) is 18.0 Å². The Morgan fingerprint density at radius 3 is 2.71 bits per heavy atom. The molecule has 1 aromatic heterocycles. The Kier molecular flexibility index (Phi) is 3.32. The number of nitrogens with zero attached hydrogens (tertiary/aromatic N) is 2. The van der Waals surface area contributed by atoms with Gasteiger partial charge in [0.15, 0.2) is 0 Å². The summed E-state index contributed by atoms with van der Waals surface area (Å²) in [5.41, 5.74) is 0.284.